The lowest BCUT2D eigenvalue weighted by atomic mass is 9.96. The van der Waals surface area contributed by atoms with Crippen LogP contribution in [0.2, 0.25) is 0 Å². The first kappa shape index (κ1) is 18.9. The van der Waals surface area contributed by atoms with Crippen LogP contribution >= 0.6 is 0 Å². The summed E-state index contributed by atoms with van der Waals surface area (Å²) in [6.45, 7) is -0.627. The second-order valence-corrected chi connectivity index (χ2v) is 5.83. The van der Waals surface area contributed by atoms with Gasteiger partial charge in [0.2, 0.25) is 0 Å². The van der Waals surface area contributed by atoms with Crippen molar-refractivity contribution in [2.45, 2.75) is 0 Å². The molecule has 0 heterocycles. The first-order chi connectivity index (χ1) is 13.5. The molecule has 0 N–H and O–H groups in total. The van der Waals surface area contributed by atoms with Crippen molar-refractivity contribution in [3.05, 3.63) is 95.1 Å². The summed E-state index contributed by atoms with van der Waals surface area (Å²) in [7, 11) is 0. The molecule has 0 spiro atoms. The topological polar surface area (TPSA) is 67.2 Å². The maximum Gasteiger partial charge on any atom is 0.339 e. The van der Waals surface area contributed by atoms with Crippen LogP contribution in [-0.4, -0.2) is 18.4 Å². The number of esters is 1. The molecule has 0 amide bonds. The van der Waals surface area contributed by atoms with Gasteiger partial charge in [-0.3, -0.25) is 4.79 Å². The van der Waals surface area contributed by atoms with Crippen LogP contribution in [0.25, 0.3) is 11.1 Å². The van der Waals surface area contributed by atoms with E-state index in [0.29, 0.717) is 16.7 Å². The van der Waals surface area contributed by atoms with Crippen molar-refractivity contribution in [1.82, 2.24) is 0 Å². The van der Waals surface area contributed by atoms with Gasteiger partial charge in [0, 0.05) is 11.1 Å². The molecule has 0 aliphatic rings. The zero-order valence-corrected chi connectivity index (χ0v) is 14.5. The lowest BCUT2D eigenvalue weighted by molar-refractivity contribution is 0.0475. The number of carbonyl (C=O) groups excluding carboxylic acids is 2. The molecular weight excluding hydrogens is 364 g/mol. The van der Waals surface area contributed by atoms with Crippen LogP contribution in [0.15, 0.2) is 66.7 Å². The molecule has 3 aromatic rings. The normalized spacial score (nSPS) is 10.2. The third kappa shape index (κ3) is 3.94. The Labute approximate surface area is 159 Å². The molecule has 0 aliphatic heterocycles. The third-order valence-electron chi connectivity index (χ3n) is 4.06. The minimum atomic E-state index is -1.16. The van der Waals surface area contributed by atoms with E-state index in [1.54, 1.807) is 42.5 Å². The number of halogens is 2. The smallest absolute Gasteiger partial charge is 0.339 e. The number of rotatable bonds is 5. The summed E-state index contributed by atoms with van der Waals surface area (Å²) >= 11 is 0. The van der Waals surface area contributed by atoms with E-state index >= 15 is 0 Å². The molecular formula is C22H13F2NO3. The van der Waals surface area contributed by atoms with E-state index in [-0.39, 0.29) is 11.1 Å². The summed E-state index contributed by atoms with van der Waals surface area (Å²) in [5.74, 6) is -3.66. The van der Waals surface area contributed by atoms with Crippen LogP contribution < -0.4 is 0 Å². The minimum Gasteiger partial charge on any atom is -0.454 e. The monoisotopic (exact) mass is 377 g/mol. The fourth-order valence-electron chi connectivity index (χ4n) is 2.67. The second-order valence-electron chi connectivity index (χ2n) is 5.83. The molecule has 4 nitrogen and oxygen atoms in total. The van der Waals surface area contributed by atoms with E-state index in [4.69, 9.17) is 4.74 Å². The first-order valence-electron chi connectivity index (χ1n) is 8.25. The van der Waals surface area contributed by atoms with Crippen molar-refractivity contribution < 1.29 is 23.1 Å². The Morgan fingerprint density at radius 1 is 0.893 bits per heavy atom. The van der Waals surface area contributed by atoms with E-state index in [0.717, 1.165) is 18.2 Å². The lowest BCUT2D eigenvalue weighted by Crippen LogP contribution is -2.15. The Kier molecular flexibility index (Phi) is 5.56. The molecule has 0 bridgehead atoms. The van der Waals surface area contributed by atoms with Gasteiger partial charge in [-0.2, -0.15) is 5.26 Å². The van der Waals surface area contributed by atoms with Gasteiger partial charge in [-0.05, 0) is 35.9 Å². The van der Waals surface area contributed by atoms with E-state index in [2.05, 4.69) is 6.07 Å². The molecule has 0 saturated carbocycles. The Hall–Kier alpha value is -3.85. The van der Waals surface area contributed by atoms with Gasteiger partial charge in [-0.15, -0.1) is 0 Å². The molecule has 0 atom stereocenters. The summed E-state index contributed by atoms with van der Waals surface area (Å²) in [4.78, 5) is 24.6. The van der Waals surface area contributed by atoms with Gasteiger partial charge < -0.3 is 4.74 Å². The number of nitrogens with zero attached hydrogens (tertiary/aromatic N) is 1. The first-order valence-corrected chi connectivity index (χ1v) is 8.25. The highest BCUT2D eigenvalue weighted by atomic mass is 19.2. The molecule has 0 unspecified atom stereocenters. The number of carbonyl (C=O) groups is 2. The van der Waals surface area contributed by atoms with Crippen molar-refractivity contribution in [1.29, 1.82) is 5.26 Å². The molecule has 28 heavy (non-hydrogen) atoms. The summed E-state index contributed by atoms with van der Waals surface area (Å²) < 4.78 is 31.3. The molecule has 138 valence electrons. The fourth-order valence-corrected chi connectivity index (χ4v) is 2.67. The zero-order chi connectivity index (χ0) is 20.1. The van der Waals surface area contributed by atoms with Crippen molar-refractivity contribution >= 4 is 11.8 Å². The number of benzene rings is 3. The van der Waals surface area contributed by atoms with Crippen molar-refractivity contribution in [3.63, 3.8) is 0 Å². The second kappa shape index (κ2) is 8.23. The Balaban J connectivity index is 1.81. The van der Waals surface area contributed by atoms with Gasteiger partial charge in [-0.1, -0.05) is 36.4 Å². The number of Topliss-reactive ketones (excluding diaryl/α,β-unsaturated/α-hetero) is 1. The zero-order valence-electron chi connectivity index (χ0n) is 14.5. The van der Waals surface area contributed by atoms with Crippen LogP contribution in [0.3, 0.4) is 0 Å². The molecule has 3 rings (SSSR count). The number of nitriles is 1. The van der Waals surface area contributed by atoms with Crippen LogP contribution in [-0.2, 0) is 4.74 Å². The van der Waals surface area contributed by atoms with Crippen LogP contribution in [0, 0.1) is 23.0 Å². The summed E-state index contributed by atoms with van der Waals surface area (Å²) in [5.41, 5.74) is 1.52. The SMILES string of the molecule is N#Cc1ccccc1-c1ccccc1C(=O)OCC(=O)c1ccc(F)c(F)c1. The van der Waals surface area contributed by atoms with Gasteiger partial charge in [0.25, 0.3) is 0 Å². The highest BCUT2D eigenvalue weighted by molar-refractivity contribution is 6.01. The Morgan fingerprint density at radius 3 is 2.29 bits per heavy atom. The van der Waals surface area contributed by atoms with Gasteiger partial charge in [0.1, 0.15) is 0 Å². The molecule has 0 aliphatic carbocycles. The summed E-state index contributed by atoms with van der Waals surface area (Å²) in [5, 5.41) is 9.29. The molecule has 0 saturated heterocycles. The quantitative estimate of drug-likeness (QED) is 0.483. The molecule has 0 fully saturated rings. The standard InChI is InChI=1S/C22H13F2NO3/c23-19-10-9-14(11-20(19)24)21(26)13-28-22(27)18-8-4-3-7-17(18)16-6-2-1-5-15(16)12-25/h1-11H,13H2. The van der Waals surface area contributed by atoms with Crippen LogP contribution in [0.1, 0.15) is 26.3 Å². The fraction of sp³-hybridized carbons (Fsp3) is 0.0455. The summed E-state index contributed by atoms with van der Waals surface area (Å²) in [6, 6.07) is 18.1. The number of hydrogen-bond acceptors (Lipinski definition) is 4. The van der Waals surface area contributed by atoms with Gasteiger partial charge in [-0.25, -0.2) is 13.6 Å². The minimum absolute atomic E-state index is 0.102. The summed E-state index contributed by atoms with van der Waals surface area (Å²) in [6.07, 6.45) is 0. The molecule has 0 radical (unpaired) electrons. The predicted octanol–water partition coefficient (Wildman–Crippen LogP) is 4.54. The number of ether oxygens (including phenoxy) is 1. The van der Waals surface area contributed by atoms with Crippen molar-refractivity contribution in [3.8, 4) is 17.2 Å². The van der Waals surface area contributed by atoms with E-state index in [1.807, 2.05) is 0 Å². The molecule has 0 aromatic heterocycles. The number of ketones is 1. The maximum atomic E-state index is 13.3. The number of hydrogen-bond donors (Lipinski definition) is 0. The highest BCUT2D eigenvalue weighted by Crippen LogP contribution is 2.27. The van der Waals surface area contributed by atoms with Crippen molar-refractivity contribution in [2.75, 3.05) is 6.61 Å². The van der Waals surface area contributed by atoms with Crippen molar-refractivity contribution in [2.24, 2.45) is 0 Å². The van der Waals surface area contributed by atoms with Gasteiger partial charge in [0.05, 0.1) is 17.2 Å². The van der Waals surface area contributed by atoms with Crippen LogP contribution in [0.4, 0.5) is 8.78 Å². The van der Waals surface area contributed by atoms with E-state index < -0.39 is 30.0 Å². The largest absolute Gasteiger partial charge is 0.454 e. The Bertz CT molecular complexity index is 1100. The average molecular weight is 377 g/mol. The van der Waals surface area contributed by atoms with Gasteiger partial charge in [0.15, 0.2) is 24.0 Å². The highest BCUT2D eigenvalue weighted by Gasteiger charge is 2.18. The van der Waals surface area contributed by atoms with Crippen LogP contribution in [0.5, 0.6) is 0 Å². The van der Waals surface area contributed by atoms with E-state index in [1.165, 1.54) is 6.07 Å². The third-order valence-corrected chi connectivity index (χ3v) is 4.06. The maximum absolute atomic E-state index is 13.3. The average Bonchev–Trinajstić information content (AvgIpc) is 2.73. The predicted molar refractivity (Wildman–Crippen MR) is 97.6 cm³/mol. The molecule has 3 aromatic carbocycles. The van der Waals surface area contributed by atoms with Gasteiger partial charge >= 0.3 is 5.97 Å². The van der Waals surface area contributed by atoms with E-state index in [9.17, 15) is 23.6 Å². The molecule has 6 heteroatoms. The Morgan fingerprint density at radius 2 is 1.57 bits per heavy atom. The lowest BCUT2D eigenvalue weighted by Gasteiger charge is -2.11.